The van der Waals surface area contributed by atoms with Crippen molar-refractivity contribution >= 4 is 34.3 Å². The zero-order valence-electron chi connectivity index (χ0n) is 14.8. The average molecular weight is 378 g/mol. The van der Waals surface area contributed by atoms with Crippen LogP contribution in [-0.4, -0.2) is 28.8 Å². The van der Waals surface area contributed by atoms with Crippen molar-refractivity contribution in [3.63, 3.8) is 0 Å². The minimum atomic E-state index is -1.13. The van der Waals surface area contributed by atoms with Crippen molar-refractivity contribution in [2.75, 3.05) is 17.2 Å². The molecule has 0 spiro atoms. The number of nitrogens with zero attached hydrogens (tertiary/aromatic N) is 1. The second kappa shape index (κ2) is 9.04. The number of carbonyl (C=O) groups excluding carboxylic acids is 1. The summed E-state index contributed by atoms with van der Waals surface area (Å²) in [6, 6.07) is 5.10. The Morgan fingerprint density at radius 3 is 2.77 bits per heavy atom. The van der Waals surface area contributed by atoms with E-state index < -0.39 is 12.1 Å². The summed E-state index contributed by atoms with van der Waals surface area (Å²) >= 11 is 1.21. The summed E-state index contributed by atoms with van der Waals surface area (Å²) in [5.41, 5.74) is 2.13. The van der Waals surface area contributed by atoms with Gasteiger partial charge in [-0.1, -0.05) is 19.9 Å². The van der Waals surface area contributed by atoms with E-state index in [-0.39, 0.29) is 6.54 Å². The lowest BCUT2D eigenvalue weighted by Crippen LogP contribution is -2.21. The van der Waals surface area contributed by atoms with Crippen LogP contribution < -0.4 is 20.7 Å². The van der Waals surface area contributed by atoms with Crippen LogP contribution in [0.3, 0.4) is 0 Å². The summed E-state index contributed by atoms with van der Waals surface area (Å²) in [6.45, 7) is 6.69. The number of carbonyl (C=O) groups is 2. The van der Waals surface area contributed by atoms with E-state index in [0.29, 0.717) is 34.8 Å². The summed E-state index contributed by atoms with van der Waals surface area (Å²) in [7, 11) is 0. The molecule has 0 saturated carbocycles. The van der Waals surface area contributed by atoms with Gasteiger partial charge in [0, 0.05) is 5.38 Å². The van der Waals surface area contributed by atoms with Gasteiger partial charge in [0.1, 0.15) is 5.75 Å². The number of aromatic nitrogens is 1. The highest BCUT2D eigenvalue weighted by molar-refractivity contribution is 7.13. The van der Waals surface area contributed by atoms with E-state index in [4.69, 9.17) is 9.84 Å². The molecule has 1 aromatic heterocycles. The van der Waals surface area contributed by atoms with Crippen molar-refractivity contribution in [2.24, 2.45) is 5.92 Å². The number of carboxylic acid groups (broad SMARTS) is 1. The topological polar surface area (TPSA) is 113 Å². The van der Waals surface area contributed by atoms with Crippen LogP contribution >= 0.6 is 11.3 Å². The average Bonchev–Trinajstić information content (AvgIpc) is 3.00. The predicted molar refractivity (Wildman–Crippen MR) is 101 cm³/mol. The van der Waals surface area contributed by atoms with Crippen LogP contribution in [0, 0.1) is 12.8 Å². The Bertz CT molecular complexity index is 776. The number of rotatable bonds is 7. The van der Waals surface area contributed by atoms with Crippen LogP contribution in [0.15, 0.2) is 23.6 Å². The van der Waals surface area contributed by atoms with Gasteiger partial charge in [0.05, 0.1) is 24.5 Å². The number of hydrogen-bond acceptors (Lipinski definition) is 5. The van der Waals surface area contributed by atoms with E-state index in [1.807, 2.05) is 19.1 Å². The van der Waals surface area contributed by atoms with Gasteiger partial charge in [-0.3, -0.25) is 5.32 Å². The standard InChI is InChI=1S/C17H22N4O4S/c1-10(2)8-25-14-6-11(3)4-5-13(14)20-15(22)21-16-19-12(9-26-16)7-18-17(23)24/h4-6,9-10,18H,7-8H2,1-3H3,(H,23,24)(H2,19,20,21,22). The van der Waals surface area contributed by atoms with Crippen LogP contribution in [0.25, 0.3) is 0 Å². The summed E-state index contributed by atoms with van der Waals surface area (Å²) < 4.78 is 5.77. The monoisotopic (exact) mass is 378 g/mol. The second-order valence-electron chi connectivity index (χ2n) is 6.09. The van der Waals surface area contributed by atoms with E-state index in [0.717, 1.165) is 5.56 Å². The lowest BCUT2D eigenvalue weighted by Gasteiger charge is -2.14. The molecule has 0 bridgehead atoms. The van der Waals surface area contributed by atoms with Gasteiger partial charge in [-0.2, -0.15) is 0 Å². The molecular formula is C17H22N4O4S. The largest absolute Gasteiger partial charge is 0.491 e. The normalized spacial score (nSPS) is 10.5. The number of ether oxygens (including phenoxy) is 1. The van der Waals surface area contributed by atoms with Crippen molar-refractivity contribution in [2.45, 2.75) is 27.3 Å². The Kier molecular flexibility index (Phi) is 6.79. The van der Waals surface area contributed by atoms with Crippen LogP contribution in [0.4, 0.5) is 20.4 Å². The first kappa shape index (κ1) is 19.5. The van der Waals surface area contributed by atoms with Gasteiger partial charge in [-0.25, -0.2) is 14.6 Å². The van der Waals surface area contributed by atoms with Crippen LogP contribution in [0.1, 0.15) is 25.1 Å². The first-order valence-corrected chi connectivity index (χ1v) is 8.94. The number of benzene rings is 1. The third-order valence-electron chi connectivity index (χ3n) is 3.15. The number of nitrogens with one attached hydrogen (secondary N) is 3. The molecule has 8 nitrogen and oxygen atoms in total. The van der Waals surface area contributed by atoms with Gasteiger partial charge >= 0.3 is 12.1 Å². The number of hydrogen-bond donors (Lipinski definition) is 4. The summed E-state index contributed by atoms with van der Waals surface area (Å²) in [6.07, 6.45) is -1.13. The van der Waals surface area contributed by atoms with Crippen molar-refractivity contribution in [1.82, 2.24) is 10.3 Å². The molecule has 2 rings (SSSR count). The summed E-state index contributed by atoms with van der Waals surface area (Å²) in [5.74, 6) is 0.977. The van der Waals surface area contributed by atoms with E-state index in [1.165, 1.54) is 11.3 Å². The molecule has 0 atom stereocenters. The number of amides is 3. The van der Waals surface area contributed by atoms with Gasteiger partial charge in [0.15, 0.2) is 5.13 Å². The van der Waals surface area contributed by atoms with Crippen molar-refractivity contribution in [1.29, 1.82) is 0 Å². The minimum Gasteiger partial charge on any atom is -0.491 e. The van der Waals surface area contributed by atoms with Gasteiger partial charge < -0.3 is 20.5 Å². The third kappa shape index (κ3) is 6.25. The number of anilines is 2. The Morgan fingerprint density at radius 1 is 1.31 bits per heavy atom. The molecule has 0 unspecified atom stereocenters. The number of thiazole rings is 1. The maximum absolute atomic E-state index is 12.2. The first-order chi connectivity index (χ1) is 12.3. The molecule has 1 aromatic carbocycles. The fourth-order valence-electron chi connectivity index (χ4n) is 1.97. The molecule has 0 saturated heterocycles. The molecule has 1 heterocycles. The highest BCUT2D eigenvalue weighted by atomic mass is 32.1. The van der Waals surface area contributed by atoms with E-state index >= 15 is 0 Å². The Morgan fingerprint density at radius 2 is 2.08 bits per heavy atom. The van der Waals surface area contributed by atoms with E-state index in [9.17, 15) is 9.59 Å². The molecule has 0 radical (unpaired) electrons. The fraction of sp³-hybridized carbons (Fsp3) is 0.353. The molecule has 0 fully saturated rings. The summed E-state index contributed by atoms with van der Waals surface area (Å²) in [4.78, 5) is 26.8. The van der Waals surface area contributed by atoms with E-state index in [1.54, 1.807) is 11.4 Å². The Hall–Kier alpha value is -2.81. The fourth-order valence-corrected chi connectivity index (χ4v) is 2.68. The maximum atomic E-state index is 12.2. The zero-order chi connectivity index (χ0) is 19.1. The molecule has 4 N–H and O–H groups in total. The lowest BCUT2D eigenvalue weighted by atomic mass is 10.2. The molecule has 0 aliphatic carbocycles. The maximum Gasteiger partial charge on any atom is 0.404 e. The molecule has 0 aliphatic heterocycles. The quantitative estimate of drug-likeness (QED) is 0.584. The van der Waals surface area contributed by atoms with Gasteiger partial charge in [-0.15, -0.1) is 11.3 Å². The number of aryl methyl sites for hydroxylation is 1. The highest BCUT2D eigenvalue weighted by Crippen LogP contribution is 2.26. The third-order valence-corrected chi connectivity index (χ3v) is 3.96. The van der Waals surface area contributed by atoms with Crippen molar-refractivity contribution in [3.8, 4) is 5.75 Å². The van der Waals surface area contributed by atoms with Crippen LogP contribution in [-0.2, 0) is 6.54 Å². The molecule has 9 heteroatoms. The first-order valence-electron chi connectivity index (χ1n) is 8.06. The van der Waals surface area contributed by atoms with Gasteiger partial charge in [-0.05, 0) is 30.5 Å². The molecule has 3 amide bonds. The summed E-state index contributed by atoms with van der Waals surface area (Å²) in [5, 5.41) is 18.2. The molecule has 140 valence electrons. The van der Waals surface area contributed by atoms with Gasteiger partial charge in [0.2, 0.25) is 0 Å². The molecular weight excluding hydrogens is 356 g/mol. The molecule has 0 aliphatic rings. The number of urea groups is 1. The molecule has 2 aromatic rings. The minimum absolute atomic E-state index is 0.0836. The second-order valence-corrected chi connectivity index (χ2v) is 6.94. The SMILES string of the molecule is Cc1ccc(NC(=O)Nc2nc(CNC(=O)O)cs2)c(OCC(C)C)c1. The smallest absolute Gasteiger partial charge is 0.404 e. The zero-order valence-corrected chi connectivity index (χ0v) is 15.6. The Labute approximate surface area is 155 Å². The highest BCUT2D eigenvalue weighted by Gasteiger charge is 2.11. The van der Waals surface area contributed by atoms with Gasteiger partial charge in [0.25, 0.3) is 0 Å². The van der Waals surface area contributed by atoms with Crippen LogP contribution in [0.5, 0.6) is 5.75 Å². The van der Waals surface area contributed by atoms with Crippen molar-refractivity contribution in [3.05, 3.63) is 34.8 Å². The molecule has 26 heavy (non-hydrogen) atoms. The Balaban J connectivity index is 1.98. The van der Waals surface area contributed by atoms with Crippen molar-refractivity contribution < 1.29 is 19.4 Å². The van der Waals surface area contributed by atoms with E-state index in [2.05, 4.69) is 34.8 Å². The van der Waals surface area contributed by atoms with Crippen LogP contribution in [0.2, 0.25) is 0 Å². The predicted octanol–water partition coefficient (Wildman–Crippen LogP) is 3.90. The lowest BCUT2D eigenvalue weighted by molar-refractivity contribution is 0.194.